The van der Waals surface area contributed by atoms with Crippen molar-refractivity contribution < 1.29 is 8.78 Å². The predicted octanol–water partition coefficient (Wildman–Crippen LogP) is 4.99. The monoisotopic (exact) mass is 341 g/mol. The fraction of sp³-hybridized carbons (Fsp3) is 0. The molecule has 0 atom stereocenters. The largest absolute Gasteiger partial charge is 0.255 e. The molecule has 3 heterocycles. The van der Waals surface area contributed by atoms with E-state index in [0.29, 0.717) is 5.69 Å². The van der Waals surface area contributed by atoms with E-state index in [4.69, 9.17) is 11.6 Å². The van der Waals surface area contributed by atoms with Gasteiger partial charge in [0.15, 0.2) is 0 Å². The molecule has 3 nitrogen and oxygen atoms in total. The van der Waals surface area contributed by atoms with Crippen LogP contribution in [0.2, 0.25) is 5.02 Å². The van der Waals surface area contributed by atoms with Crippen LogP contribution in [0, 0.1) is 11.6 Å². The van der Waals surface area contributed by atoms with Crippen molar-refractivity contribution in [3.8, 4) is 22.4 Å². The lowest BCUT2D eigenvalue weighted by atomic mass is 9.99. The minimum atomic E-state index is -0.795. The Morgan fingerprint density at radius 3 is 2.67 bits per heavy atom. The van der Waals surface area contributed by atoms with Gasteiger partial charge in [0.05, 0.1) is 16.2 Å². The van der Waals surface area contributed by atoms with Crippen molar-refractivity contribution in [1.29, 1.82) is 0 Å². The Bertz CT molecular complexity index is 1060. The number of hydrogen-bond donors (Lipinski definition) is 0. The molecule has 0 radical (unpaired) electrons. The molecule has 1 aromatic carbocycles. The maximum atomic E-state index is 14.3. The molecule has 0 N–H and O–H groups in total. The molecule has 0 bridgehead atoms. The van der Waals surface area contributed by atoms with Gasteiger partial charge < -0.3 is 0 Å². The Labute approximate surface area is 141 Å². The molecule has 24 heavy (non-hydrogen) atoms. The first-order valence-corrected chi connectivity index (χ1v) is 7.55. The zero-order valence-electron chi connectivity index (χ0n) is 12.2. The van der Waals surface area contributed by atoms with Crippen LogP contribution in [0.15, 0.2) is 61.1 Å². The predicted molar refractivity (Wildman–Crippen MR) is 88.8 cm³/mol. The molecule has 6 heteroatoms. The molecule has 0 spiro atoms. The SMILES string of the molecule is Fc1cc(F)c(-c2ncccc2-c2ccn3nccc3c2)cc1Cl. The van der Waals surface area contributed by atoms with E-state index in [1.165, 1.54) is 6.07 Å². The van der Waals surface area contributed by atoms with Crippen LogP contribution < -0.4 is 0 Å². The van der Waals surface area contributed by atoms with Crippen LogP contribution in [-0.4, -0.2) is 14.6 Å². The van der Waals surface area contributed by atoms with Gasteiger partial charge in [-0.25, -0.2) is 13.3 Å². The molecule has 0 aliphatic carbocycles. The summed E-state index contributed by atoms with van der Waals surface area (Å²) >= 11 is 5.82. The third-order valence-electron chi connectivity index (χ3n) is 3.78. The van der Waals surface area contributed by atoms with Crippen molar-refractivity contribution in [3.05, 3.63) is 77.7 Å². The molecular weight excluding hydrogens is 332 g/mol. The number of benzene rings is 1. The summed E-state index contributed by atoms with van der Waals surface area (Å²) in [6, 6.07) is 11.3. The highest BCUT2D eigenvalue weighted by Crippen LogP contribution is 2.34. The molecule has 0 aliphatic rings. The van der Waals surface area contributed by atoms with Gasteiger partial charge in [-0.2, -0.15) is 5.10 Å². The van der Waals surface area contributed by atoms with Crippen molar-refractivity contribution >= 4 is 17.1 Å². The van der Waals surface area contributed by atoms with Crippen molar-refractivity contribution in [2.45, 2.75) is 0 Å². The smallest absolute Gasteiger partial charge is 0.144 e. The summed E-state index contributed by atoms with van der Waals surface area (Å²) in [6.45, 7) is 0. The number of pyridine rings is 2. The third kappa shape index (κ3) is 2.43. The molecular formula is C18H10ClF2N3. The number of hydrogen-bond acceptors (Lipinski definition) is 2. The Hall–Kier alpha value is -2.79. The van der Waals surface area contributed by atoms with E-state index in [9.17, 15) is 8.78 Å². The van der Waals surface area contributed by atoms with Crippen molar-refractivity contribution in [3.63, 3.8) is 0 Å². The van der Waals surface area contributed by atoms with E-state index in [-0.39, 0.29) is 10.6 Å². The first-order valence-electron chi connectivity index (χ1n) is 7.17. The van der Waals surface area contributed by atoms with Crippen molar-refractivity contribution in [2.24, 2.45) is 0 Å². The molecule has 0 saturated heterocycles. The quantitative estimate of drug-likeness (QED) is 0.480. The van der Waals surface area contributed by atoms with Gasteiger partial charge >= 0.3 is 0 Å². The van der Waals surface area contributed by atoms with E-state index in [2.05, 4.69) is 10.1 Å². The van der Waals surface area contributed by atoms with Crippen molar-refractivity contribution in [1.82, 2.24) is 14.6 Å². The second kappa shape index (κ2) is 5.69. The zero-order valence-corrected chi connectivity index (χ0v) is 13.0. The second-order valence-electron chi connectivity index (χ2n) is 5.26. The number of halogens is 3. The highest BCUT2D eigenvalue weighted by Gasteiger charge is 2.16. The van der Waals surface area contributed by atoms with Gasteiger partial charge in [-0.05, 0) is 35.9 Å². The lowest BCUT2D eigenvalue weighted by Crippen LogP contribution is -1.94. The molecule has 118 valence electrons. The summed E-state index contributed by atoms with van der Waals surface area (Å²) in [5.41, 5.74) is 3.04. The van der Waals surface area contributed by atoms with Crippen LogP contribution in [0.5, 0.6) is 0 Å². The molecule has 3 aromatic heterocycles. The standard InChI is InChI=1S/C18H10ClF2N3/c19-15-9-14(16(20)10-17(15)21)18-13(2-1-5-22-18)11-4-7-24-12(8-11)3-6-23-24/h1-10H. The fourth-order valence-corrected chi connectivity index (χ4v) is 2.81. The van der Waals surface area contributed by atoms with Gasteiger partial charge in [0.25, 0.3) is 0 Å². The second-order valence-corrected chi connectivity index (χ2v) is 5.67. The Morgan fingerprint density at radius 1 is 0.917 bits per heavy atom. The number of fused-ring (bicyclic) bond motifs is 1. The summed E-state index contributed by atoms with van der Waals surface area (Å²) in [6.07, 6.45) is 5.07. The number of aromatic nitrogens is 3. The first kappa shape index (κ1) is 14.8. The molecule has 0 saturated carbocycles. The summed E-state index contributed by atoms with van der Waals surface area (Å²) < 4.78 is 29.4. The maximum Gasteiger partial charge on any atom is 0.144 e. The van der Waals surface area contributed by atoms with E-state index < -0.39 is 11.6 Å². The molecule has 4 aromatic rings. The average molecular weight is 342 g/mol. The van der Waals surface area contributed by atoms with E-state index >= 15 is 0 Å². The minimum Gasteiger partial charge on any atom is -0.255 e. The summed E-state index contributed by atoms with van der Waals surface area (Å²) in [5.74, 6) is -1.50. The van der Waals surface area contributed by atoms with Crippen LogP contribution in [0.25, 0.3) is 27.9 Å². The highest BCUT2D eigenvalue weighted by atomic mass is 35.5. The average Bonchev–Trinajstić information content (AvgIpc) is 3.06. The highest BCUT2D eigenvalue weighted by molar-refractivity contribution is 6.31. The summed E-state index contributed by atoms with van der Waals surface area (Å²) in [4.78, 5) is 4.28. The summed E-state index contributed by atoms with van der Waals surface area (Å²) in [5, 5.41) is 4.01. The van der Waals surface area contributed by atoms with Gasteiger partial charge in [0, 0.05) is 35.8 Å². The van der Waals surface area contributed by atoms with E-state index in [0.717, 1.165) is 22.7 Å². The molecule has 4 rings (SSSR count). The molecule has 0 aliphatic heterocycles. The minimum absolute atomic E-state index is 0.144. The Morgan fingerprint density at radius 2 is 1.79 bits per heavy atom. The fourth-order valence-electron chi connectivity index (χ4n) is 2.65. The Kier molecular flexibility index (Phi) is 3.50. The first-order chi connectivity index (χ1) is 11.6. The van der Waals surface area contributed by atoms with Crippen LogP contribution in [0.4, 0.5) is 8.78 Å². The van der Waals surface area contributed by atoms with Gasteiger partial charge in [-0.15, -0.1) is 0 Å². The van der Waals surface area contributed by atoms with Gasteiger partial charge in [0.1, 0.15) is 11.6 Å². The van der Waals surface area contributed by atoms with Gasteiger partial charge in [0.2, 0.25) is 0 Å². The van der Waals surface area contributed by atoms with Gasteiger partial charge in [-0.3, -0.25) is 4.98 Å². The lowest BCUT2D eigenvalue weighted by Gasteiger charge is -2.11. The molecule has 0 unspecified atom stereocenters. The van der Waals surface area contributed by atoms with Crippen LogP contribution >= 0.6 is 11.6 Å². The Balaban J connectivity index is 1.94. The zero-order chi connectivity index (χ0) is 16.7. The molecule has 0 fully saturated rings. The summed E-state index contributed by atoms with van der Waals surface area (Å²) in [7, 11) is 0. The normalized spacial score (nSPS) is 11.1. The molecule has 0 amide bonds. The third-order valence-corrected chi connectivity index (χ3v) is 4.07. The van der Waals surface area contributed by atoms with Crippen LogP contribution in [-0.2, 0) is 0 Å². The maximum absolute atomic E-state index is 14.3. The van der Waals surface area contributed by atoms with E-state index in [1.807, 2.05) is 30.5 Å². The lowest BCUT2D eigenvalue weighted by molar-refractivity contribution is 0.585. The number of nitrogens with zero attached hydrogens (tertiary/aromatic N) is 3. The van der Waals surface area contributed by atoms with Gasteiger partial charge in [-0.1, -0.05) is 17.7 Å². The number of rotatable bonds is 2. The van der Waals surface area contributed by atoms with Crippen molar-refractivity contribution in [2.75, 3.05) is 0 Å². The van der Waals surface area contributed by atoms with E-state index in [1.54, 1.807) is 23.0 Å². The van der Waals surface area contributed by atoms with Crippen LogP contribution in [0.3, 0.4) is 0 Å². The van der Waals surface area contributed by atoms with Crippen LogP contribution in [0.1, 0.15) is 0 Å². The topological polar surface area (TPSA) is 30.2 Å².